The molecule has 1 atom stereocenters. The van der Waals surface area contributed by atoms with E-state index in [-0.39, 0.29) is 33.8 Å². The fourth-order valence-electron chi connectivity index (χ4n) is 2.01. The number of phenolic OH excluding ortho intramolecular Hbond substituents is 1. The third-order valence-corrected chi connectivity index (χ3v) is 3.71. The van der Waals surface area contributed by atoms with Crippen LogP contribution in [0.25, 0.3) is 0 Å². The third kappa shape index (κ3) is 10.5. The highest BCUT2D eigenvalue weighted by Crippen LogP contribution is 2.30. The normalized spacial score (nSPS) is 10.2. The highest BCUT2D eigenvalue weighted by Gasteiger charge is 2.16. The standard InChI is InChI=1S/C16H14Cl2N2O3.C2H6O.C2H6.ClH/c17-13-6-12(22)7-14(18)15(13)16(23)20-11-3-1-9(2-4-11)5-10(19)8-21;1-3-2;1-2;/h1-4,6-8,10,22H,5,19H2,(H,20,23);1-2H3;1-2H3;1H. The molecule has 0 bridgehead atoms. The summed E-state index contributed by atoms with van der Waals surface area (Å²) in [6.45, 7) is 4.00. The molecule has 0 radical (unpaired) electrons. The van der Waals surface area contributed by atoms with E-state index in [9.17, 15) is 14.7 Å². The Morgan fingerprint density at radius 1 is 1.17 bits per heavy atom. The Kier molecular flexibility index (Phi) is 16.2. The lowest BCUT2D eigenvalue weighted by Gasteiger charge is -2.10. The SMILES string of the molecule is CC.COC.Cl.NC(C=O)Cc1ccc(NC(=O)c2c(Cl)cc(O)cc2Cl)cc1. The van der Waals surface area contributed by atoms with E-state index in [1.54, 1.807) is 38.5 Å². The van der Waals surface area contributed by atoms with Crippen LogP contribution < -0.4 is 11.1 Å². The second kappa shape index (κ2) is 16.0. The molecular weight excluding hydrogens is 439 g/mol. The fraction of sp³-hybridized carbons (Fsp3) is 0.300. The first kappa shape index (κ1) is 29.4. The largest absolute Gasteiger partial charge is 0.508 e. The summed E-state index contributed by atoms with van der Waals surface area (Å²) in [5.74, 6) is -0.607. The summed E-state index contributed by atoms with van der Waals surface area (Å²) in [5, 5.41) is 12.2. The molecule has 0 aliphatic carbocycles. The number of hydrogen-bond acceptors (Lipinski definition) is 5. The maximum Gasteiger partial charge on any atom is 0.258 e. The Hall–Kier alpha value is -1.83. The van der Waals surface area contributed by atoms with E-state index in [2.05, 4.69) is 10.1 Å². The number of carbonyl (C=O) groups is 2. The smallest absolute Gasteiger partial charge is 0.258 e. The summed E-state index contributed by atoms with van der Waals surface area (Å²) in [5.41, 5.74) is 7.06. The molecule has 0 heterocycles. The number of methoxy groups -OCH3 is 1. The lowest BCUT2D eigenvalue weighted by Crippen LogP contribution is -2.24. The fourth-order valence-corrected chi connectivity index (χ4v) is 2.66. The summed E-state index contributed by atoms with van der Waals surface area (Å²) in [4.78, 5) is 22.8. The number of nitrogens with two attached hydrogens (primary N) is 1. The maximum absolute atomic E-state index is 12.2. The van der Waals surface area contributed by atoms with Crippen LogP contribution in [0.4, 0.5) is 5.69 Å². The molecule has 0 saturated heterocycles. The van der Waals surface area contributed by atoms with Crippen molar-refractivity contribution in [3.05, 3.63) is 57.6 Å². The number of ether oxygens (including phenoxy) is 1. The predicted molar refractivity (Wildman–Crippen MR) is 122 cm³/mol. The zero-order valence-electron chi connectivity index (χ0n) is 16.7. The van der Waals surface area contributed by atoms with Gasteiger partial charge in [-0.1, -0.05) is 49.2 Å². The van der Waals surface area contributed by atoms with Crippen molar-refractivity contribution in [1.29, 1.82) is 0 Å². The highest BCUT2D eigenvalue weighted by molar-refractivity contribution is 6.40. The molecule has 0 aliphatic rings. The number of aldehydes is 1. The average Bonchev–Trinajstić information content (AvgIpc) is 2.64. The molecule has 0 fully saturated rings. The molecule has 162 valence electrons. The molecular formula is C20H27Cl3N2O4. The number of anilines is 1. The summed E-state index contributed by atoms with van der Waals surface area (Å²) in [7, 11) is 3.25. The Balaban J connectivity index is 0. The highest BCUT2D eigenvalue weighted by atomic mass is 35.5. The van der Waals surface area contributed by atoms with Crippen LogP contribution in [-0.4, -0.2) is 37.6 Å². The molecule has 0 aliphatic heterocycles. The number of amides is 1. The van der Waals surface area contributed by atoms with Gasteiger partial charge in [-0.3, -0.25) is 4.79 Å². The van der Waals surface area contributed by atoms with Crippen molar-refractivity contribution >= 4 is 53.5 Å². The van der Waals surface area contributed by atoms with Crippen molar-refractivity contribution in [3.63, 3.8) is 0 Å². The number of benzene rings is 2. The minimum absolute atomic E-state index is 0. The van der Waals surface area contributed by atoms with Crippen LogP contribution in [0.15, 0.2) is 36.4 Å². The number of carbonyl (C=O) groups excluding carboxylic acids is 2. The van der Waals surface area contributed by atoms with E-state index < -0.39 is 11.9 Å². The minimum Gasteiger partial charge on any atom is -0.508 e. The van der Waals surface area contributed by atoms with Crippen LogP contribution >= 0.6 is 35.6 Å². The summed E-state index contributed by atoms with van der Waals surface area (Å²) >= 11 is 11.9. The summed E-state index contributed by atoms with van der Waals surface area (Å²) in [6, 6.07) is 8.83. The van der Waals surface area contributed by atoms with Gasteiger partial charge in [0, 0.05) is 19.9 Å². The van der Waals surface area contributed by atoms with Crippen LogP contribution in [0.5, 0.6) is 5.75 Å². The Bertz CT molecular complexity index is 733. The van der Waals surface area contributed by atoms with Crippen LogP contribution in [-0.2, 0) is 16.0 Å². The number of halogens is 3. The molecule has 4 N–H and O–H groups in total. The van der Waals surface area contributed by atoms with Crippen LogP contribution in [0.1, 0.15) is 29.8 Å². The number of rotatable bonds is 5. The van der Waals surface area contributed by atoms with Crippen molar-refractivity contribution in [2.24, 2.45) is 5.73 Å². The molecule has 1 amide bonds. The van der Waals surface area contributed by atoms with Crippen LogP contribution in [0.3, 0.4) is 0 Å². The molecule has 6 nitrogen and oxygen atoms in total. The number of aromatic hydroxyl groups is 1. The van der Waals surface area contributed by atoms with Gasteiger partial charge in [-0.15, -0.1) is 12.4 Å². The van der Waals surface area contributed by atoms with Gasteiger partial charge < -0.3 is 25.7 Å². The van der Waals surface area contributed by atoms with Gasteiger partial charge in [0.05, 0.1) is 21.7 Å². The predicted octanol–water partition coefficient (Wildman–Crippen LogP) is 4.73. The van der Waals surface area contributed by atoms with Crippen molar-refractivity contribution in [2.75, 3.05) is 19.5 Å². The first-order valence-corrected chi connectivity index (χ1v) is 9.27. The number of hydrogen-bond donors (Lipinski definition) is 3. The molecule has 2 aromatic rings. The van der Waals surface area contributed by atoms with Crippen molar-refractivity contribution in [2.45, 2.75) is 26.3 Å². The van der Waals surface area contributed by atoms with E-state index in [1.807, 2.05) is 13.8 Å². The summed E-state index contributed by atoms with van der Waals surface area (Å²) < 4.78 is 4.25. The monoisotopic (exact) mass is 464 g/mol. The first-order chi connectivity index (χ1) is 13.3. The molecule has 29 heavy (non-hydrogen) atoms. The Labute approximate surface area is 187 Å². The van der Waals surface area contributed by atoms with E-state index in [0.717, 1.165) is 5.56 Å². The number of phenols is 1. The molecule has 0 aromatic heterocycles. The van der Waals surface area contributed by atoms with Gasteiger partial charge in [-0.25, -0.2) is 0 Å². The molecule has 0 spiro atoms. The molecule has 2 aromatic carbocycles. The Morgan fingerprint density at radius 2 is 1.62 bits per heavy atom. The lowest BCUT2D eigenvalue weighted by atomic mass is 10.1. The van der Waals surface area contributed by atoms with Gasteiger partial charge in [0.25, 0.3) is 5.91 Å². The second-order valence-electron chi connectivity index (χ2n) is 5.35. The zero-order valence-corrected chi connectivity index (χ0v) is 19.1. The van der Waals surface area contributed by atoms with E-state index in [4.69, 9.17) is 28.9 Å². The molecule has 0 saturated carbocycles. The third-order valence-electron chi connectivity index (χ3n) is 3.11. The summed E-state index contributed by atoms with van der Waals surface area (Å²) in [6.07, 6.45) is 1.11. The van der Waals surface area contributed by atoms with Gasteiger partial charge in [0.15, 0.2) is 0 Å². The molecule has 1 unspecified atom stereocenters. The topological polar surface area (TPSA) is 102 Å². The second-order valence-corrected chi connectivity index (χ2v) is 6.16. The zero-order chi connectivity index (χ0) is 21.7. The van der Waals surface area contributed by atoms with Crippen LogP contribution in [0, 0.1) is 0 Å². The minimum atomic E-state index is -0.551. The molecule has 2 rings (SSSR count). The van der Waals surface area contributed by atoms with Gasteiger partial charge in [-0.05, 0) is 36.2 Å². The lowest BCUT2D eigenvalue weighted by molar-refractivity contribution is -0.108. The van der Waals surface area contributed by atoms with Gasteiger partial charge >= 0.3 is 0 Å². The van der Waals surface area contributed by atoms with Crippen LogP contribution in [0.2, 0.25) is 10.0 Å². The maximum atomic E-state index is 12.2. The van der Waals surface area contributed by atoms with Gasteiger partial charge in [0.1, 0.15) is 12.0 Å². The molecule has 9 heteroatoms. The average molecular weight is 466 g/mol. The van der Waals surface area contributed by atoms with Crippen molar-refractivity contribution in [1.82, 2.24) is 0 Å². The van der Waals surface area contributed by atoms with E-state index in [1.165, 1.54) is 12.1 Å². The quantitative estimate of drug-likeness (QED) is 0.554. The first-order valence-electron chi connectivity index (χ1n) is 8.51. The van der Waals surface area contributed by atoms with Crippen molar-refractivity contribution in [3.8, 4) is 5.75 Å². The van der Waals surface area contributed by atoms with Gasteiger partial charge in [0.2, 0.25) is 0 Å². The van der Waals surface area contributed by atoms with E-state index in [0.29, 0.717) is 18.4 Å². The van der Waals surface area contributed by atoms with E-state index >= 15 is 0 Å². The van der Waals surface area contributed by atoms with Crippen molar-refractivity contribution < 1.29 is 19.4 Å². The Morgan fingerprint density at radius 3 is 2.03 bits per heavy atom. The van der Waals surface area contributed by atoms with Gasteiger partial charge in [-0.2, -0.15) is 0 Å². The number of nitrogens with one attached hydrogen (secondary N) is 1.